The van der Waals surface area contributed by atoms with Gasteiger partial charge in [0.05, 0.1) is 12.0 Å². The maximum atomic E-state index is 11.5. The molecule has 16 heavy (non-hydrogen) atoms. The van der Waals surface area contributed by atoms with Gasteiger partial charge < -0.3 is 10.1 Å². The van der Waals surface area contributed by atoms with E-state index in [1.54, 1.807) is 7.11 Å². The Morgan fingerprint density at radius 1 is 1.62 bits per heavy atom. The SMILES string of the molecule is COC1(CC(=O)NCCCN=[N+]=[N-])CCC1. The zero-order chi connectivity index (χ0) is 11.9. The van der Waals surface area contributed by atoms with E-state index in [9.17, 15) is 4.79 Å². The van der Waals surface area contributed by atoms with E-state index in [0.717, 1.165) is 19.3 Å². The van der Waals surface area contributed by atoms with Gasteiger partial charge in [-0.15, -0.1) is 0 Å². The van der Waals surface area contributed by atoms with E-state index in [-0.39, 0.29) is 11.5 Å². The molecule has 90 valence electrons. The highest BCUT2D eigenvalue weighted by molar-refractivity contribution is 5.77. The van der Waals surface area contributed by atoms with Crippen molar-refractivity contribution in [3.8, 4) is 0 Å². The third-order valence-electron chi connectivity index (χ3n) is 3.00. The van der Waals surface area contributed by atoms with Crippen LogP contribution in [0.15, 0.2) is 5.11 Å². The van der Waals surface area contributed by atoms with Crippen LogP contribution in [0.3, 0.4) is 0 Å². The first-order chi connectivity index (χ1) is 7.72. The minimum Gasteiger partial charge on any atom is -0.378 e. The zero-order valence-corrected chi connectivity index (χ0v) is 9.61. The maximum absolute atomic E-state index is 11.5. The predicted molar refractivity (Wildman–Crippen MR) is 59.8 cm³/mol. The first-order valence-electron chi connectivity index (χ1n) is 5.55. The van der Waals surface area contributed by atoms with Crippen molar-refractivity contribution in [1.29, 1.82) is 0 Å². The van der Waals surface area contributed by atoms with Gasteiger partial charge in [0.25, 0.3) is 0 Å². The first-order valence-corrected chi connectivity index (χ1v) is 5.55. The zero-order valence-electron chi connectivity index (χ0n) is 9.61. The number of rotatable bonds is 7. The van der Waals surface area contributed by atoms with Gasteiger partial charge in [0.15, 0.2) is 0 Å². The number of methoxy groups -OCH3 is 1. The molecule has 0 atom stereocenters. The van der Waals surface area contributed by atoms with Gasteiger partial charge in [-0.1, -0.05) is 5.11 Å². The molecule has 6 heteroatoms. The fourth-order valence-corrected chi connectivity index (χ4v) is 1.80. The second kappa shape index (κ2) is 6.35. The third-order valence-corrected chi connectivity index (χ3v) is 3.00. The number of azide groups is 1. The molecule has 0 aromatic heterocycles. The first kappa shape index (κ1) is 12.8. The van der Waals surface area contributed by atoms with Crippen LogP contribution < -0.4 is 5.32 Å². The molecule has 1 saturated carbocycles. The molecule has 0 aromatic carbocycles. The van der Waals surface area contributed by atoms with E-state index in [1.165, 1.54) is 0 Å². The number of nitrogens with one attached hydrogen (secondary N) is 1. The highest BCUT2D eigenvalue weighted by Crippen LogP contribution is 2.37. The van der Waals surface area contributed by atoms with Gasteiger partial charge in [-0.3, -0.25) is 4.79 Å². The lowest BCUT2D eigenvalue weighted by Crippen LogP contribution is -2.44. The average Bonchev–Trinajstić information content (AvgIpc) is 2.23. The smallest absolute Gasteiger partial charge is 0.222 e. The van der Waals surface area contributed by atoms with Gasteiger partial charge in [-0.2, -0.15) is 0 Å². The Morgan fingerprint density at radius 3 is 2.88 bits per heavy atom. The molecule has 1 amide bonds. The van der Waals surface area contributed by atoms with Crippen LogP contribution in [0.4, 0.5) is 0 Å². The monoisotopic (exact) mass is 226 g/mol. The van der Waals surface area contributed by atoms with Crippen LogP contribution in [0, 0.1) is 0 Å². The summed E-state index contributed by atoms with van der Waals surface area (Å²) in [7, 11) is 1.66. The predicted octanol–water partition coefficient (Wildman–Crippen LogP) is 1.76. The number of carbonyl (C=O) groups excluding carboxylic acids is 1. The van der Waals surface area contributed by atoms with E-state index < -0.39 is 0 Å². The summed E-state index contributed by atoms with van der Waals surface area (Å²) < 4.78 is 5.36. The van der Waals surface area contributed by atoms with E-state index in [0.29, 0.717) is 25.9 Å². The Morgan fingerprint density at radius 2 is 2.38 bits per heavy atom. The topological polar surface area (TPSA) is 87.1 Å². The molecule has 0 radical (unpaired) electrons. The highest BCUT2D eigenvalue weighted by Gasteiger charge is 2.38. The number of ether oxygens (including phenoxy) is 1. The molecule has 0 unspecified atom stereocenters. The van der Waals surface area contributed by atoms with Gasteiger partial charge in [0, 0.05) is 25.1 Å². The Labute approximate surface area is 95.0 Å². The summed E-state index contributed by atoms with van der Waals surface area (Å²) in [5, 5.41) is 6.19. The number of nitrogens with zero attached hydrogens (tertiary/aromatic N) is 3. The quantitative estimate of drug-likeness (QED) is 0.310. The van der Waals surface area contributed by atoms with Crippen molar-refractivity contribution in [3.63, 3.8) is 0 Å². The number of amides is 1. The summed E-state index contributed by atoms with van der Waals surface area (Å²) in [5.41, 5.74) is 7.84. The summed E-state index contributed by atoms with van der Waals surface area (Å²) in [6.07, 6.45) is 4.18. The minimum atomic E-state index is -0.213. The highest BCUT2D eigenvalue weighted by atomic mass is 16.5. The van der Waals surface area contributed by atoms with E-state index in [1.807, 2.05) is 0 Å². The second-order valence-corrected chi connectivity index (χ2v) is 4.08. The number of carbonyl (C=O) groups is 1. The normalized spacial score (nSPS) is 17.1. The standard InChI is InChI=1S/C10H18N4O2/c1-16-10(4-2-5-10)8-9(15)12-6-3-7-13-14-11/h2-8H2,1H3,(H,12,15). The van der Waals surface area contributed by atoms with Crippen molar-refractivity contribution in [1.82, 2.24) is 5.32 Å². The molecule has 1 N–H and O–H groups in total. The molecular formula is C10H18N4O2. The number of hydrogen-bond acceptors (Lipinski definition) is 3. The Balaban J connectivity index is 2.13. The Hall–Kier alpha value is -1.26. The molecule has 0 saturated heterocycles. The molecule has 6 nitrogen and oxygen atoms in total. The van der Waals surface area contributed by atoms with E-state index in [2.05, 4.69) is 15.3 Å². The summed E-state index contributed by atoms with van der Waals surface area (Å²) in [5.74, 6) is 0.0162. The minimum absolute atomic E-state index is 0.0162. The molecule has 0 heterocycles. The van der Waals surface area contributed by atoms with Crippen molar-refractivity contribution < 1.29 is 9.53 Å². The summed E-state index contributed by atoms with van der Waals surface area (Å²) in [4.78, 5) is 14.2. The molecular weight excluding hydrogens is 208 g/mol. The van der Waals surface area contributed by atoms with Gasteiger partial charge >= 0.3 is 0 Å². The lowest BCUT2D eigenvalue weighted by Gasteiger charge is -2.39. The van der Waals surface area contributed by atoms with Crippen molar-refractivity contribution in [3.05, 3.63) is 10.4 Å². The van der Waals surface area contributed by atoms with Crippen LogP contribution in [0.1, 0.15) is 32.1 Å². The molecule has 1 aliphatic carbocycles. The molecule has 1 rings (SSSR count). The van der Waals surface area contributed by atoms with E-state index in [4.69, 9.17) is 10.3 Å². The van der Waals surface area contributed by atoms with Crippen LogP contribution in [0.5, 0.6) is 0 Å². The molecule has 1 fully saturated rings. The molecule has 1 aliphatic rings. The lowest BCUT2D eigenvalue weighted by atomic mass is 9.77. The van der Waals surface area contributed by atoms with Crippen LogP contribution in [-0.2, 0) is 9.53 Å². The van der Waals surface area contributed by atoms with Crippen LogP contribution in [0.2, 0.25) is 0 Å². The summed E-state index contributed by atoms with van der Waals surface area (Å²) >= 11 is 0. The largest absolute Gasteiger partial charge is 0.378 e. The van der Waals surface area contributed by atoms with Crippen molar-refractivity contribution in [2.75, 3.05) is 20.2 Å². The molecule has 0 spiro atoms. The van der Waals surface area contributed by atoms with E-state index >= 15 is 0 Å². The molecule has 0 bridgehead atoms. The fourth-order valence-electron chi connectivity index (χ4n) is 1.80. The lowest BCUT2D eigenvalue weighted by molar-refractivity contribution is -0.134. The summed E-state index contributed by atoms with van der Waals surface area (Å²) in [6.45, 7) is 0.976. The van der Waals surface area contributed by atoms with Crippen LogP contribution in [-0.4, -0.2) is 31.7 Å². The van der Waals surface area contributed by atoms with Crippen molar-refractivity contribution in [2.24, 2.45) is 5.11 Å². The summed E-state index contributed by atoms with van der Waals surface area (Å²) in [6, 6.07) is 0. The molecule has 0 aliphatic heterocycles. The van der Waals surface area contributed by atoms with Gasteiger partial charge in [0.1, 0.15) is 0 Å². The maximum Gasteiger partial charge on any atom is 0.222 e. The van der Waals surface area contributed by atoms with Crippen molar-refractivity contribution >= 4 is 5.91 Å². The Kier molecular flexibility index (Phi) is 5.08. The van der Waals surface area contributed by atoms with Crippen molar-refractivity contribution in [2.45, 2.75) is 37.7 Å². The average molecular weight is 226 g/mol. The fraction of sp³-hybridized carbons (Fsp3) is 0.900. The Bertz CT molecular complexity index is 277. The number of hydrogen-bond donors (Lipinski definition) is 1. The van der Waals surface area contributed by atoms with Crippen LogP contribution >= 0.6 is 0 Å². The molecule has 0 aromatic rings. The third kappa shape index (κ3) is 3.72. The van der Waals surface area contributed by atoms with Gasteiger partial charge in [0.2, 0.25) is 5.91 Å². The van der Waals surface area contributed by atoms with Gasteiger partial charge in [-0.05, 0) is 31.2 Å². The van der Waals surface area contributed by atoms with Gasteiger partial charge in [-0.25, -0.2) is 0 Å². The van der Waals surface area contributed by atoms with Crippen LogP contribution in [0.25, 0.3) is 10.4 Å². The second-order valence-electron chi connectivity index (χ2n) is 4.08.